The number of furan rings is 1. The van der Waals surface area contributed by atoms with Crippen LogP contribution in [0.15, 0.2) is 217 Å². The quantitative estimate of drug-likeness (QED) is 0.173. The number of aromatic nitrogens is 2. The molecule has 0 bridgehead atoms. The van der Waals surface area contributed by atoms with Crippen molar-refractivity contribution in [3.63, 3.8) is 0 Å². The van der Waals surface area contributed by atoms with E-state index in [1.54, 1.807) is 0 Å². The van der Waals surface area contributed by atoms with Gasteiger partial charge in [0.05, 0.1) is 22.1 Å². The lowest BCUT2D eigenvalue weighted by Crippen LogP contribution is -2.15. The fraction of sp³-hybridized carbons (Fsp3) is 0.0625. The highest BCUT2D eigenvalue weighted by atomic mass is 16.3. The van der Waals surface area contributed by atoms with Gasteiger partial charge in [-0.25, -0.2) is 0 Å². The van der Waals surface area contributed by atoms with E-state index in [1.165, 1.54) is 88.3 Å². The highest BCUT2D eigenvalue weighted by Crippen LogP contribution is 2.53. The van der Waals surface area contributed by atoms with Gasteiger partial charge in [-0.2, -0.15) is 0 Å². The summed E-state index contributed by atoms with van der Waals surface area (Å²) in [6.07, 6.45) is 0. The molecule has 1 atom stereocenters. The average Bonchev–Trinajstić information content (AvgIpc) is 4.16. The Morgan fingerprint density at radius 1 is 0.373 bits per heavy atom. The van der Waals surface area contributed by atoms with Crippen LogP contribution in [0.1, 0.15) is 47.6 Å². The predicted molar refractivity (Wildman–Crippen MR) is 278 cm³/mol. The monoisotopic (exact) mass is 854 g/mol. The van der Waals surface area contributed by atoms with E-state index in [4.69, 9.17) is 4.42 Å². The minimum absolute atomic E-state index is 0.234. The zero-order valence-electron chi connectivity index (χ0n) is 37.1. The molecule has 3 heterocycles. The summed E-state index contributed by atoms with van der Waals surface area (Å²) in [7, 11) is 0. The molecule has 0 radical (unpaired) electrons. The molecular weight excluding hydrogens is 813 g/mol. The third kappa shape index (κ3) is 4.95. The third-order valence-corrected chi connectivity index (χ3v) is 15.4. The van der Waals surface area contributed by atoms with Crippen LogP contribution in [0.2, 0.25) is 0 Å². The third-order valence-electron chi connectivity index (χ3n) is 15.4. The topological polar surface area (TPSA) is 23.0 Å². The molecule has 0 saturated heterocycles. The van der Waals surface area contributed by atoms with Crippen molar-refractivity contribution in [2.75, 3.05) is 0 Å². The zero-order valence-corrected chi connectivity index (χ0v) is 37.1. The number of para-hydroxylation sites is 3. The predicted octanol–water partition coefficient (Wildman–Crippen LogP) is 16.9. The lowest BCUT2D eigenvalue weighted by Gasteiger charge is -2.23. The minimum atomic E-state index is -0.234. The second-order valence-corrected chi connectivity index (χ2v) is 19.2. The van der Waals surface area contributed by atoms with Gasteiger partial charge in [0, 0.05) is 55.0 Å². The van der Waals surface area contributed by atoms with Crippen LogP contribution in [0.25, 0.3) is 110 Å². The Balaban J connectivity index is 0.891. The summed E-state index contributed by atoms with van der Waals surface area (Å²) in [5, 5.41) is 7.03. The van der Waals surface area contributed by atoms with Crippen molar-refractivity contribution >= 4 is 65.6 Å². The molecule has 0 aliphatic heterocycles. The fourth-order valence-corrected chi connectivity index (χ4v) is 12.3. The van der Waals surface area contributed by atoms with Gasteiger partial charge >= 0.3 is 0 Å². The number of hydrogen-bond donors (Lipinski definition) is 0. The second kappa shape index (κ2) is 13.3. The maximum Gasteiger partial charge on any atom is 0.160 e. The highest BCUT2D eigenvalue weighted by molar-refractivity contribution is 6.26. The van der Waals surface area contributed by atoms with Crippen LogP contribution in [0.3, 0.4) is 0 Å². The lowest BCUT2D eigenvalue weighted by molar-refractivity contribution is 0.660. The Kier molecular flexibility index (Phi) is 7.35. The van der Waals surface area contributed by atoms with Crippen molar-refractivity contribution in [1.29, 1.82) is 0 Å². The van der Waals surface area contributed by atoms with E-state index in [0.29, 0.717) is 0 Å². The second-order valence-electron chi connectivity index (χ2n) is 19.2. The average molecular weight is 855 g/mol. The summed E-state index contributed by atoms with van der Waals surface area (Å²) in [6, 6.07) is 78.6. The minimum Gasteiger partial charge on any atom is -0.452 e. The summed E-state index contributed by atoms with van der Waals surface area (Å²) < 4.78 is 12.2. The lowest BCUT2D eigenvalue weighted by atomic mass is 9.81. The first-order valence-electron chi connectivity index (χ1n) is 23.5. The number of benzene rings is 10. The van der Waals surface area contributed by atoms with Crippen LogP contribution in [0.4, 0.5) is 0 Å². The molecule has 0 amide bonds. The molecular formula is C64H42N2O. The molecule has 3 aromatic heterocycles. The smallest absolute Gasteiger partial charge is 0.160 e. The van der Waals surface area contributed by atoms with Gasteiger partial charge in [0.2, 0.25) is 0 Å². The number of hydrogen-bond acceptors (Lipinski definition) is 1. The Morgan fingerprint density at radius 3 is 1.60 bits per heavy atom. The normalized spacial score (nSPS) is 14.7. The Morgan fingerprint density at radius 2 is 0.896 bits per heavy atom. The molecule has 15 rings (SSSR count). The molecule has 314 valence electrons. The molecule has 13 aromatic rings. The number of fused-ring (bicyclic) bond motifs is 17. The zero-order chi connectivity index (χ0) is 44.1. The molecule has 1 unspecified atom stereocenters. The molecule has 0 N–H and O–H groups in total. The summed E-state index contributed by atoms with van der Waals surface area (Å²) in [5.41, 5.74) is 22.9. The molecule has 3 nitrogen and oxygen atoms in total. The molecule has 0 spiro atoms. The first-order chi connectivity index (χ1) is 33.0. The van der Waals surface area contributed by atoms with E-state index in [-0.39, 0.29) is 11.3 Å². The van der Waals surface area contributed by atoms with Crippen LogP contribution >= 0.6 is 0 Å². The van der Waals surface area contributed by atoms with Crippen LogP contribution in [-0.2, 0) is 5.41 Å². The Labute approximate surface area is 387 Å². The Bertz CT molecular complexity index is 4240. The van der Waals surface area contributed by atoms with Gasteiger partial charge in [0.1, 0.15) is 0 Å². The summed E-state index contributed by atoms with van der Waals surface area (Å²) in [4.78, 5) is 0. The van der Waals surface area contributed by atoms with E-state index in [9.17, 15) is 0 Å². The van der Waals surface area contributed by atoms with Crippen molar-refractivity contribution < 1.29 is 4.42 Å². The fourth-order valence-electron chi connectivity index (χ4n) is 12.3. The molecule has 67 heavy (non-hydrogen) atoms. The molecule has 2 aliphatic rings. The first kappa shape index (κ1) is 36.9. The first-order valence-corrected chi connectivity index (χ1v) is 23.5. The summed E-state index contributed by atoms with van der Waals surface area (Å²) in [5.74, 6) is 0.241. The van der Waals surface area contributed by atoms with Gasteiger partial charge in [-0.3, -0.25) is 0 Å². The maximum absolute atomic E-state index is 7.34. The van der Waals surface area contributed by atoms with Gasteiger partial charge in [-0.15, -0.1) is 0 Å². The molecule has 2 aliphatic carbocycles. The van der Waals surface area contributed by atoms with Gasteiger partial charge < -0.3 is 13.6 Å². The van der Waals surface area contributed by atoms with E-state index in [0.717, 1.165) is 49.9 Å². The molecule has 10 aromatic carbocycles. The van der Waals surface area contributed by atoms with E-state index >= 15 is 0 Å². The maximum atomic E-state index is 7.34. The van der Waals surface area contributed by atoms with Crippen LogP contribution in [0.5, 0.6) is 0 Å². The number of rotatable bonds is 4. The van der Waals surface area contributed by atoms with Gasteiger partial charge in [-0.1, -0.05) is 166 Å². The highest BCUT2D eigenvalue weighted by Gasteiger charge is 2.37. The van der Waals surface area contributed by atoms with Gasteiger partial charge in [0.15, 0.2) is 11.2 Å². The van der Waals surface area contributed by atoms with E-state index < -0.39 is 0 Å². The van der Waals surface area contributed by atoms with Crippen LogP contribution < -0.4 is 0 Å². The van der Waals surface area contributed by atoms with Gasteiger partial charge in [0.25, 0.3) is 0 Å². The van der Waals surface area contributed by atoms with Crippen LogP contribution in [0, 0.1) is 0 Å². The van der Waals surface area contributed by atoms with E-state index in [1.807, 2.05) is 0 Å². The van der Waals surface area contributed by atoms with Crippen molar-refractivity contribution in [3.8, 4) is 44.8 Å². The van der Waals surface area contributed by atoms with Crippen molar-refractivity contribution in [1.82, 2.24) is 9.13 Å². The SMILES string of the molecule is CC1(C)c2cc(-c3ccc4c(c3)-c3ccccc3C4c3ccccc3)ccc2-c2ccc(-n3c4ccccc4c4ccc5c6ccc7c8ccccc8n(-c8ccccc8)c7c6oc5c43)cc21. The standard InChI is InChI=1S/C64H42N2O/c1-64(2)55-36-40(39-26-29-49-54(35-39)43-19-9-10-22-48(43)59(49)38-15-5-3-6-16-38)25-28-44(55)45-30-27-42(37-56(45)64)66-58-24-14-12-21-47(58)51-32-34-53-52-33-31-50-46-20-11-13-23-57(46)65(41-17-7-4-8-18-41)60(50)62(52)67-63(53)61(51)66/h3-37,59H,1-2H3. The largest absolute Gasteiger partial charge is 0.452 e. The molecule has 0 saturated carbocycles. The summed E-state index contributed by atoms with van der Waals surface area (Å²) >= 11 is 0. The number of nitrogens with zero attached hydrogens (tertiary/aromatic N) is 2. The summed E-state index contributed by atoms with van der Waals surface area (Å²) in [6.45, 7) is 4.80. The molecule has 0 fully saturated rings. The van der Waals surface area contributed by atoms with E-state index in [2.05, 4.69) is 235 Å². The van der Waals surface area contributed by atoms with Crippen molar-refractivity contribution in [2.45, 2.75) is 25.2 Å². The van der Waals surface area contributed by atoms with Crippen LogP contribution in [-0.4, -0.2) is 9.13 Å². The van der Waals surface area contributed by atoms with Gasteiger partial charge in [-0.05, 0) is 122 Å². The Hall–Kier alpha value is -8.40. The van der Waals surface area contributed by atoms with Crippen molar-refractivity contribution in [3.05, 3.63) is 240 Å². The molecule has 3 heteroatoms. The van der Waals surface area contributed by atoms with Crippen molar-refractivity contribution in [2.24, 2.45) is 0 Å².